The predicted molar refractivity (Wildman–Crippen MR) is 52.7 cm³/mol. The van der Waals surface area contributed by atoms with Crippen molar-refractivity contribution in [3.05, 3.63) is 40.3 Å². The number of carbonyl (C=O) groups excluding carboxylic acids is 1. The minimum atomic E-state index is -0.448. The van der Waals surface area contributed by atoms with E-state index in [2.05, 4.69) is 9.72 Å². The standard InChI is InChI=1S/C10H11NO3/c1-2-14-9(12)6-5-8-4-3-7-11-10(8)13/h3-7H,2H2,1H3,(H,11,13). The number of H-pyrrole nitrogens is 1. The molecule has 0 aliphatic heterocycles. The van der Waals surface area contributed by atoms with Gasteiger partial charge < -0.3 is 9.72 Å². The number of nitrogens with one attached hydrogen (secondary N) is 1. The molecule has 0 unspecified atom stereocenters. The van der Waals surface area contributed by atoms with Crippen LogP contribution in [0.3, 0.4) is 0 Å². The second kappa shape index (κ2) is 5.01. The van der Waals surface area contributed by atoms with Gasteiger partial charge in [-0.1, -0.05) is 0 Å². The number of ether oxygens (including phenoxy) is 1. The lowest BCUT2D eigenvalue weighted by atomic mass is 10.2. The molecule has 0 atom stereocenters. The van der Waals surface area contributed by atoms with Crippen molar-refractivity contribution in [3.63, 3.8) is 0 Å². The Balaban J connectivity index is 2.74. The van der Waals surface area contributed by atoms with Gasteiger partial charge in [-0.25, -0.2) is 4.79 Å². The number of aromatic amines is 1. The fourth-order valence-electron chi connectivity index (χ4n) is 0.914. The number of carbonyl (C=O) groups is 1. The lowest BCUT2D eigenvalue weighted by molar-refractivity contribution is -0.137. The molecule has 1 N–H and O–H groups in total. The molecule has 1 aromatic heterocycles. The van der Waals surface area contributed by atoms with Crippen molar-refractivity contribution in [1.82, 2.24) is 4.98 Å². The Morgan fingerprint density at radius 1 is 1.64 bits per heavy atom. The van der Waals surface area contributed by atoms with E-state index >= 15 is 0 Å². The molecule has 4 nitrogen and oxygen atoms in total. The highest BCUT2D eigenvalue weighted by molar-refractivity contribution is 5.86. The van der Waals surface area contributed by atoms with E-state index in [1.165, 1.54) is 18.3 Å². The SMILES string of the molecule is CCOC(=O)C=Cc1ccc[nH]c1=O. The second-order valence-corrected chi connectivity index (χ2v) is 2.54. The van der Waals surface area contributed by atoms with Crippen LogP contribution in [0.4, 0.5) is 0 Å². The molecular formula is C10H11NO3. The number of hydrogen-bond acceptors (Lipinski definition) is 3. The Hall–Kier alpha value is -1.84. The fraction of sp³-hybridized carbons (Fsp3) is 0.200. The van der Waals surface area contributed by atoms with E-state index in [0.717, 1.165) is 0 Å². The lowest BCUT2D eigenvalue weighted by Gasteiger charge is -1.94. The maximum atomic E-state index is 11.1. The Kier molecular flexibility index (Phi) is 3.67. The Bertz CT molecular complexity index is 392. The molecule has 1 rings (SSSR count). The van der Waals surface area contributed by atoms with Gasteiger partial charge in [0.25, 0.3) is 5.56 Å². The summed E-state index contributed by atoms with van der Waals surface area (Å²) in [5.41, 5.74) is 0.202. The van der Waals surface area contributed by atoms with Crippen LogP contribution < -0.4 is 5.56 Å². The van der Waals surface area contributed by atoms with Gasteiger partial charge in [0.15, 0.2) is 0 Å². The lowest BCUT2D eigenvalue weighted by Crippen LogP contribution is -2.07. The molecule has 14 heavy (non-hydrogen) atoms. The van der Waals surface area contributed by atoms with Crippen LogP contribution in [-0.2, 0) is 9.53 Å². The van der Waals surface area contributed by atoms with Crippen molar-refractivity contribution in [2.45, 2.75) is 6.92 Å². The normalized spacial score (nSPS) is 10.4. The molecule has 0 fully saturated rings. The van der Waals surface area contributed by atoms with Crippen LogP contribution in [0.1, 0.15) is 12.5 Å². The average Bonchev–Trinajstić information content (AvgIpc) is 2.17. The smallest absolute Gasteiger partial charge is 0.330 e. The van der Waals surface area contributed by atoms with E-state index in [1.54, 1.807) is 19.1 Å². The minimum absolute atomic E-state index is 0.229. The summed E-state index contributed by atoms with van der Waals surface area (Å²) < 4.78 is 4.67. The van der Waals surface area contributed by atoms with E-state index < -0.39 is 5.97 Å². The van der Waals surface area contributed by atoms with Crippen molar-refractivity contribution in [1.29, 1.82) is 0 Å². The summed E-state index contributed by atoms with van der Waals surface area (Å²) >= 11 is 0. The monoisotopic (exact) mass is 193 g/mol. The van der Waals surface area contributed by atoms with Gasteiger partial charge in [-0.3, -0.25) is 4.79 Å². The Morgan fingerprint density at radius 3 is 3.07 bits per heavy atom. The first-order valence-corrected chi connectivity index (χ1v) is 4.26. The average molecular weight is 193 g/mol. The first-order chi connectivity index (χ1) is 6.74. The molecule has 4 heteroatoms. The van der Waals surface area contributed by atoms with Crippen LogP contribution in [0.2, 0.25) is 0 Å². The maximum Gasteiger partial charge on any atom is 0.330 e. The summed E-state index contributed by atoms with van der Waals surface area (Å²) in [4.78, 5) is 24.5. The first-order valence-electron chi connectivity index (χ1n) is 4.26. The van der Waals surface area contributed by atoms with Crippen LogP contribution in [0.5, 0.6) is 0 Å². The van der Waals surface area contributed by atoms with Gasteiger partial charge in [-0.2, -0.15) is 0 Å². The number of esters is 1. The van der Waals surface area contributed by atoms with Crippen LogP contribution in [0.25, 0.3) is 6.08 Å². The van der Waals surface area contributed by atoms with E-state index in [4.69, 9.17) is 0 Å². The zero-order valence-electron chi connectivity index (χ0n) is 7.82. The topological polar surface area (TPSA) is 59.2 Å². The molecule has 0 saturated carbocycles. The van der Waals surface area contributed by atoms with Gasteiger partial charge in [-0.05, 0) is 25.1 Å². The van der Waals surface area contributed by atoms with Crippen LogP contribution in [0.15, 0.2) is 29.2 Å². The third kappa shape index (κ3) is 2.90. The van der Waals surface area contributed by atoms with Crippen LogP contribution >= 0.6 is 0 Å². The predicted octanol–water partition coefficient (Wildman–Crippen LogP) is 0.951. The Morgan fingerprint density at radius 2 is 2.43 bits per heavy atom. The highest BCUT2D eigenvalue weighted by Gasteiger charge is 1.95. The number of pyridine rings is 1. The van der Waals surface area contributed by atoms with Crippen molar-refractivity contribution in [3.8, 4) is 0 Å². The van der Waals surface area contributed by atoms with Crippen molar-refractivity contribution < 1.29 is 9.53 Å². The first kappa shape index (κ1) is 10.2. The van der Waals surface area contributed by atoms with Gasteiger partial charge in [0.2, 0.25) is 0 Å². The molecule has 0 saturated heterocycles. The largest absolute Gasteiger partial charge is 0.463 e. The van der Waals surface area contributed by atoms with Gasteiger partial charge in [-0.15, -0.1) is 0 Å². The molecule has 1 heterocycles. The summed E-state index contributed by atoms with van der Waals surface area (Å²) in [6, 6.07) is 3.31. The third-order valence-electron chi connectivity index (χ3n) is 1.53. The third-order valence-corrected chi connectivity index (χ3v) is 1.53. The number of aromatic nitrogens is 1. The zero-order chi connectivity index (χ0) is 10.4. The minimum Gasteiger partial charge on any atom is -0.463 e. The van der Waals surface area contributed by atoms with Crippen molar-refractivity contribution in [2.24, 2.45) is 0 Å². The van der Waals surface area contributed by atoms with Gasteiger partial charge in [0.05, 0.1) is 6.61 Å². The molecule has 0 spiro atoms. The summed E-state index contributed by atoms with van der Waals surface area (Å²) in [6.45, 7) is 2.05. The highest BCUT2D eigenvalue weighted by atomic mass is 16.5. The van der Waals surface area contributed by atoms with Gasteiger partial charge in [0.1, 0.15) is 0 Å². The summed E-state index contributed by atoms with van der Waals surface area (Å²) in [5, 5.41) is 0. The molecule has 0 aliphatic carbocycles. The van der Waals surface area contributed by atoms with Crippen LogP contribution in [0, 0.1) is 0 Å². The molecule has 74 valence electrons. The second-order valence-electron chi connectivity index (χ2n) is 2.54. The van der Waals surface area contributed by atoms with Gasteiger partial charge in [0, 0.05) is 17.8 Å². The fourth-order valence-corrected chi connectivity index (χ4v) is 0.914. The van der Waals surface area contributed by atoms with E-state index in [1.807, 2.05) is 0 Å². The zero-order valence-corrected chi connectivity index (χ0v) is 7.82. The molecule has 1 aromatic rings. The van der Waals surface area contributed by atoms with Crippen molar-refractivity contribution >= 4 is 12.0 Å². The van der Waals surface area contributed by atoms with E-state index in [0.29, 0.717) is 12.2 Å². The van der Waals surface area contributed by atoms with Crippen LogP contribution in [-0.4, -0.2) is 17.6 Å². The molecular weight excluding hydrogens is 182 g/mol. The molecule has 0 bridgehead atoms. The van der Waals surface area contributed by atoms with Crippen molar-refractivity contribution in [2.75, 3.05) is 6.61 Å². The van der Waals surface area contributed by atoms with Gasteiger partial charge >= 0.3 is 5.97 Å². The quantitative estimate of drug-likeness (QED) is 0.574. The summed E-state index contributed by atoms with van der Waals surface area (Å²) in [6.07, 6.45) is 4.19. The number of hydrogen-bond donors (Lipinski definition) is 1. The number of rotatable bonds is 3. The molecule has 0 radical (unpaired) electrons. The maximum absolute atomic E-state index is 11.1. The molecule has 0 amide bonds. The summed E-state index contributed by atoms with van der Waals surface area (Å²) in [5.74, 6) is -0.448. The highest BCUT2D eigenvalue weighted by Crippen LogP contribution is 1.93. The van der Waals surface area contributed by atoms with E-state index in [-0.39, 0.29) is 5.56 Å². The molecule has 0 aromatic carbocycles. The molecule has 0 aliphatic rings. The Labute approximate surface area is 81.2 Å². The summed E-state index contributed by atoms with van der Waals surface area (Å²) in [7, 11) is 0. The van der Waals surface area contributed by atoms with E-state index in [9.17, 15) is 9.59 Å².